The lowest BCUT2D eigenvalue weighted by atomic mass is 9.99. The van der Waals surface area contributed by atoms with Crippen molar-refractivity contribution in [3.05, 3.63) is 65.2 Å². The van der Waals surface area contributed by atoms with E-state index in [1.165, 1.54) is 5.56 Å². The SMILES string of the molecule is Cc1ccc(C(O)C(C)NCC(O)COc2ccccc2)cc1C. The van der Waals surface area contributed by atoms with E-state index < -0.39 is 12.2 Å². The van der Waals surface area contributed by atoms with E-state index in [0.717, 1.165) is 16.9 Å². The van der Waals surface area contributed by atoms with Gasteiger partial charge in [0.15, 0.2) is 0 Å². The van der Waals surface area contributed by atoms with Crippen LogP contribution < -0.4 is 10.1 Å². The minimum atomic E-state index is -0.639. The van der Waals surface area contributed by atoms with Gasteiger partial charge in [0, 0.05) is 12.6 Å². The molecule has 0 amide bonds. The van der Waals surface area contributed by atoms with Crippen LogP contribution in [0.4, 0.5) is 0 Å². The number of para-hydroxylation sites is 1. The van der Waals surface area contributed by atoms with E-state index in [9.17, 15) is 10.2 Å². The van der Waals surface area contributed by atoms with Gasteiger partial charge in [-0.15, -0.1) is 0 Å². The third kappa shape index (κ3) is 5.34. The number of nitrogens with one attached hydrogen (secondary N) is 1. The van der Waals surface area contributed by atoms with E-state index >= 15 is 0 Å². The Balaban J connectivity index is 1.78. The van der Waals surface area contributed by atoms with Crippen LogP contribution in [0.1, 0.15) is 29.7 Å². The van der Waals surface area contributed by atoms with Crippen LogP contribution in [0.2, 0.25) is 0 Å². The van der Waals surface area contributed by atoms with Crippen molar-refractivity contribution in [2.24, 2.45) is 0 Å². The molecule has 0 aliphatic rings. The van der Waals surface area contributed by atoms with Gasteiger partial charge in [0.05, 0.1) is 6.10 Å². The summed E-state index contributed by atoms with van der Waals surface area (Å²) in [5.74, 6) is 0.736. The monoisotopic (exact) mass is 329 g/mol. The zero-order valence-corrected chi connectivity index (χ0v) is 14.6. The second kappa shape index (κ2) is 8.83. The summed E-state index contributed by atoms with van der Waals surface area (Å²) in [5.41, 5.74) is 3.25. The lowest BCUT2D eigenvalue weighted by Crippen LogP contribution is -2.39. The molecule has 2 rings (SSSR count). The van der Waals surface area contributed by atoms with Gasteiger partial charge in [-0.05, 0) is 49.6 Å². The topological polar surface area (TPSA) is 61.7 Å². The van der Waals surface area contributed by atoms with Crippen molar-refractivity contribution in [3.8, 4) is 5.75 Å². The summed E-state index contributed by atoms with van der Waals surface area (Å²) in [6.45, 7) is 6.56. The summed E-state index contributed by atoms with van der Waals surface area (Å²) in [7, 11) is 0. The van der Waals surface area contributed by atoms with Crippen LogP contribution in [0.3, 0.4) is 0 Å². The molecule has 3 unspecified atom stereocenters. The van der Waals surface area contributed by atoms with Gasteiger partial charge in [-0.1, -0.05) is 36.4 Å². The Morgan fingerprint density at radius 3 is 2.38 bits per heavy atom. The molecule has 0 aliphatic carbocycles. The summed E-state index contributed by atoms with van der Waals surface area (Å²) < 4.78 is 5.52. The minimum Gasteiger partial charge on any atom is -0.491 e. The molecule has 4 heteroatoms. The number of rotatable bonds is 8. The average molecular weight is 329 g/mol. The standard InChI is InChI=1S/C20H27NO3/c1-14-9-10-17(11-15(14)2)20(23)16(3)21-12-18(22)13-24-19-7-5-4-6-8-19/h4-11,16,18,20-23H,12-13H2,1-3H3. The molecule has 0 saturated heterocycles. The predicted molar refractivity (Wildman–Crippen MR) is 96.3 cm³/mol. The largest absolute Gasteiger partial charge is 0.491 e. The molecule has 24 heavy (non-hydrogen) atoms. The van der Waals surface area contributed by atoms with Crippen molar-refractivity contribution in [2.75, 3.05) is 13.2 Å². The molecule has 0 fully saturated rings. The summed E-state index contributed by atoms with van der Waals surface area (Å²) >= 11 is 0. The smallest absolute Gasteiger partial charge is 0.119 e. The minimum absolute atomic E-state index is 0.168. The summed E-state index contributed by atoms with van der Waals surface area (Å²) in [5, 5.41) is 23.6. The molecule has 3 N–H and O–H groups in total. The van der Waals surface area contributed by atoms with Gasteiger partial charge in [0.2, 0.25) is 0 Å². The highest BCUT2D eigenvalue weighted by Crippen LogP contribution is 2.20. The molecule has 2 aromatic carbocycles. The lowest BCUT2D eigenvalue weighted by Gasteiger charge is -2.23. The number of benzene rings is 2. The first-order valence-corrected chi connectivity index (χ1v) is 8.32. The van der Waals surface area contributed by atoms with Crippen LogP contribution >= 0.6 is 0 Å². The van der Waals surface area contributed by atoms with Crippen molar-refractivity contribution >= 4 is 0 Å². The number of aliphatic hydroxyl groups excluding tert-OH is 2. The number of ether oxygens (including phenoxy) is 1. The third-order valence-corrected chi connectivity index (χ3v) is 4.21. The predicted octanol–water partition coefficient (Wildman–Crippen LogP) is 2.75. The highest BCUT2D eigenvalue weighted by Gasteiger charge is 2.17. The van der Waals surface area contributed by atoms with Gasteiger partial charge in [-0.25, -0.2) is 0 Å². The quantitative estimate of drug-likeness (QED) is 0.697. The Kier molecular flexibility index (Phi) is 6.79. The van der Waals surface area contributed by atoms with Crippen molar-refractivity contribution in [2.45, 2.75) is 39.0 Å². The fourth-order valence-corrected chi connectivity index (χ4v) is 2.44. The van der Waals surface area contributed by atoms with Crippen LogP contribution in [0.25, 0.3) is 0 Å². The second-order valence-electron chi connectivity index (χ2n) is 6.26. The van der Waals surface area contributed by atoms with Crippen LogP contribution in [0.15, 0.2) is 48.5 Å². The molecule has 4 nitrogen and oxygen atoms in total. The van der Waals surface area contributed by atoms with E-state index in [2.05, 4.69) is 12.2 Å². The van der Waals surface area contributed by atoms with Gasteiger partial charge in [-0.3, -0.25) is 0 Å². The van der Waals surface area contributed by atoms with Crippen molar-refractivity contribution in [3.63, 3.8) is 0 Å². The molecule has 3 atom stereocenters. The van der Waals surface area contributed by atoms with Crippen LogP contribution in [-0.2, 0) is 0 Å². The Hall–Kier alpha value is -1.88. The summed E-state index contributed by atoms with van der Waals surface area (Å²) in [4.78, 5) is 0. The first-order chi connectivity index (χ1) is 11.5. The van der Waals surface area contributed by atoms with Crippen molar-refractivity contribution < 1.29 is 14.9 Å². The van der Waals surface area contributed by atoms with Gasteiger partial charge in [-0.2, -0.15) is 0 Å². The molecule has 0 heterocycles. The Bertz CT molecular complexity index is 630. The van der Waals surface area contributed by atoms with Crippen molar-refractivity contribution in [1.29, 1.82) is 0 Å². The maximum Gasteiger partial charge on any atom is 0.119 e. The molecule has 0 spiro atoms. The molecule has 0 radical (unpaired) electrons. The third-order valence-electron chi connectivity index (χ3n) is 4.21. The fourth-order valence-electron chi connectivity index (χ4n) is 2.44. The van der Waals surface area contributed by atoms with E-state index in [1.807, 2.05) is 62.4 Å². The average Bonchev–Trinajstić information content (AvgIpc) is 2.60. The normalized spacial score (nSPS) is 14.9. The number of aliphatic hydroxyl groups is 2. The summed E-state index contributed by atoms with van der Waals surface area (Å²) in [6.07, 6.45) is -1.26. The molecule has 2 aromatic rings. The van der Waals surface area contributed by atoms with E-state index in [0.29, 0.717) is 6.54 Å². The molecule has 0 aliphatic heterocycles. The van der Waals surface area contributed by atoms with Gasteiger partial charge >= 0.3 is 0 Å². The Morgan fingerprint density at radius 2 is 1.71 bits per heavy atom. The van der Waals surface area contributed by atoms with Crippen LogP contribution in [0.5, 0.6) is 5.75 Å². The van der Waals surface area contributed by atoms with Gasteiger partial charge in [0.25, 0.3) is 0 Å². The molecular weight excluding hydrogens is 302 g/mol. The van der Waals surface area contributed by atoms with Crippen LogP contribution in [-0.4, -0.2) is 35.5 Å². The fraction of sp³-hybridized carbons (Fsp3) is 0.400. The first kappa shape index (κ1) is 18.5. The second-order valence-corrected chi connectivity index (χ2v) is 6.26. The highest BCUT2D eigenvalue weighted by atomic mass is 16.5. The zero-order chi connectivity index (χ0) is 17.5. The maximum atomic E-state index is 10.4. The van der Waals surface area contributed by atoms with Gasteiger partial charge in [0.1, 0.15) is 18.5 Å². The molecular formula is C20H27NO3. The summed E-state index contributed by atoms with van der Waals surface area (Å²) in [6, 6.07) is 15.2. The van der Waals surface area contributed by atoms with E-state index in [4.69, 9.17) is 4.74 Å². The molecule has 0 bridgehead atoms. The maximum absolute atomic E-state index is 10.4. The van der Waals surface area contributed by atoms with E-state index in [-0.39, 0.29) is 12.6 Å². The lowest BCUT2D eigenvalue weighted by molar-refractivity contribution is 0.0876. The number of hydrogen-bond donors (Lipinski definition) is 3. The molecule has 0 aromatic heterocycles. The Morgan fingerprint density at radius 1 is 1.00 bits per heavy atom. The molecule has 0 saturated carbocycles. The van der Waals surface area contributed by atoms with Gasteiger partial charge < -0.3 is 20.3 Å². The first-order valence-electron chi connectivity index (χ1n) is 8.32. The zero-order valence-electron chi connectivity index (χ0n) is 14.6. The highest BCUT2D eigenvalue weighted by molar-refractivity contribution is 5.31. The molecule has 130 valence electrons. The van der Waals surface area contributed by atoms with Crippen molar-refractivity contribution in [1.82, 2.24) is 5.32 Å². The Labute approximate surface area is 144 Å². The van der Waals surface area contributed by atoms with E-state index in [1.54, 1.807) is 0 Å². The number of aryl methyl sites for hydroxylation is 2. The van der Waals surface area contributed by atoms with Crippen LogP contribution in [0, 0.1) is 13.8 Å². The number of hydrogen-bond acceptors (Lipinski definition) is 4.